The van der Waals surface area contributed by atoms with Gasteiger partial charge in [-0.3, -0.25) is 0 Å². The van der Waals surface area contributed by atoms with Crippen molar-refractivity contribution in [2.75, 3.05) is 14.2 Å². The van der Waals surface area contributed by atoms with Crippen LogP contribution in [0.2, 0.25) is 10.0 Å². The van der Waals surface area contributed by atoms with Crippen molar-refractivity contribution < 1.29 is 4.74 Å². The third-order valence-electron chi connectivity index (χ3n) is 3.61. The van der Waals surface area contributed by atoms with Crippen molar-refractivity contribution in [1.29, 1.82) is 0 Å². The Morgan fingerprint density at radius 3 is 2.62 bits per heavy atom. The highest BCUT2D eigenvalue weighted by atomic mass is 35.5. The van der Waals surface area contributed by atoms with Crippen LogP contribution in [0.4, 0.5) is 0 Å². The molecule has 4 heteroatoms. The van der Waals surface area contributed by atoms with Gasteiger partial charge in [0, 0.05) is 16.1 Å². The Labute approximate surface area is 136 Å². The van der Waals surface area contributed by atoms with Gasteiger partial charge in [-0.25, -0.2) is 0 Å². The minimum atomic E-state index is 0.102. The number of nitrogens with one attached hydrogen (secondary N) is 1. The standard InChI is InChI=1S/C17H19Cl2NO/c1-11-5-4-6-14(17(11)19)15(20-2)10-12-9-13(18)7-8-16(12)21-3/h4-9,15,20H,10H2,1-3H3. The molecule has 21 heavy (non-hydrogen) atoms. The van der Waals surface area contributed by atoms with Crippen molar-refractivity contribution in [3.8, 4) is 5.75 Å². The van der Waals surface area contributed by atoms with Crippen molar-refractivity contribution in [2.45, 2.75) is 19.4 Å². The summed E-state index contributed by atoms with van der Waals surface area (Å²) in [6.07, 6.45) is 0.753. The number of halogens is 2. The molecule has 0 fully saturated rings. The van der Waals surface area contributed by atoms with Gasteiger partial charge in [-0.1, -0.05) is 41.4 Å². The van der Waals surface area contributed by atoms with Gasteiger partial charge in [-0.05, 0) is 55.3 Å². The molecular formula is C17H19Cl2NO. The quantitative estimate of drug-likeness (QED) is 0.852. The lowest BCUT2D eigenvalue weighted by Gasteiger charge is -2.20. The summed E-state index contributed by atoms with van der Waals surface area (Å²) in [6, 6.07) is 11.8. The minimum Gasteiger partial charge on any atom is -0.496 e. The highest BCUT2D eigenvalue weighted by molar-refractivity contribution is 6.32. The van der Waals surface area contributed by atoms with Crippen molar-refractivity contribution in [1.82, 2.24) is 5.32 Å². The van der Waals surface area contributed by atoms with Crippen molar-refractivity contribution in [3.63, 3.8) is 0 Å². The van der Waals surface area contributed by atoms with Gasteiger partial charge in [-0.15, -0.1) is 0 Å². The van der Waals surface area contributed by atoms with Gasteiger partial charge < -0.3 is 10.1 Å². The predicted octanol–water partition coefficient (Wildman–Crippen LogP) is 4.81. The molecule has 1 N–H and O–H groups in total. The third kappa shape index (κ3) is 3.70. The number of benzene rings is 2. The molecule has 0 aliphatic heterocycles. The molecule has 1 unspecified atom stereocenters. The van der Waals surface area contributed by atoms with Crippen LogP contribution in [0, 0.1) is 6.92 Å². The molecular weight excluding hydrogens is 305 g/mol. The largest absolute Gasteiger partial charge is 0.496 e. The van der Waals surface area contributed by atoms with Crippen LogP contribution in [-0.2, 0) is 6.42 Å². The topological polar surface area (TPSA) is 21.3 Å². The SMILES string of the molecule is CNC(Cc1cc(Cl)ccc1OC)c1cccc(C)c1Cl. The normalized spacial score (nSPS) is 12.2. The van der Waals surface area contributed by atoms with Crippen LogP contribution in [0.1, 0.15) is 22.7 Å². The van der Waals surface area contributed by atoms with E-state index < -0.39 is 0 Å². The summed E-state index contributed by atoms with van der Waals surface area (Å²) < 4.78 is 5.42. The molecule has 0 saturated carbocycles. The van der Waals surface area contributed by atoms with E-state index >= 15 is 0 Å². The molecule has 0 spiro atoms. The molecule has 0 saturated heterocycles. The molecule has 2 nitrogen and oxygen atoms in total. The average Bonchev–Trinajstić information content (AvgIpc) is 2.48. The third-order valence-corrected chi connectivity index (χ3v) is 4.36. The molecule has 112 valence electrons. The van der Waals surface area contributed by atoms with E-state index in [9.17, 15) is 0 Å². The molecule has 0 heterocycles. The number of hydrogen-bond donors (Lipinski definition) is 1. The molecule has 1 atom stereocenters. The maximum atomic E-state index is 6.44. The van der Waals surface area contributed by atoms with Gasteiger partial charge in [0.15, 0.2) is 0 Å². The number of ether oxygens (including phenoxy) is 1. The van der Waals surface area contributed by atoms with Crippen LogP contribution >= 0.6 is 23.2 Å². The highest BCUT2D eigenvalue weighted by Crippen LogP contribution is 2.31. The Hall–Kier alpha value is -1.22. The smallest absolute Gasteiger partial charge is 0.122 e. The van der Waals surface area contributed by atoms with E-state index in [1.165, 1.54) is 0 Å². The highest BCUT2D eigenvalue weighted by Gasteiger charge is 2.17. The second-order valence-electron chi connectivity index (χ2n) is 4.98. The van der Waals surface area contributed by atoms with Crippen LogP contribution < -0.4 is 10.1 Å². The Bertz CT molecular complexity index is 628. The molecule has 0 aromatic heterocycles. The summed E-state index contributed by atoms with van der Waals surface area (Å²) in [5.41, 5.74) is 3.22. The second-order valence-corrected chi connectivity index (χ2v) is 5.79. The van der Waals surface area contributed by atoms with E-state index in [4.69, 9.17) is 27.9 Å². The fourth-order valence-corrected chi connectivity index (χ4v) is 2.89. The molecule has 2 aromatic carbocycles. The fourth-order valence-electron chi connectivity index (χ4n) is 2.43. The summed E-state index contributed by atoms with van der Waals surface area (Å²) in [5, 5.41) is 4.83. The number of hydrogen-bond acceptors (Lipinski definition) is 2. The predicted molar refractivity (Wildman–Crippen MR) is 89.7 cm³/mol. The first-order valence-electron chi connectivity index (χ1n) is 6.81. The lowest BCUT2D eigenvalue weighted by Crippen LogP contribution is -2.19. The van der Waals surface area contributed by atoms with Gasteiger partial charge >= 0.3 is 0 Å². The lowest BCUT2D eigenvalue weighted by molar-refractivity contribution is 0.406. The first kappa shape index (κ1) is 16.2. The van der Waals surface area contributed by atoms with Gasteiger partial charge in [-0.2, -0.15) is 0 Å². The van der Waals surface area contributed by atoms with Crippen molar-refractivity contribution in [3.05, 3.63) is 63.1 Å². The van der Waals surface area contributed by atoms with Crippen LogP contribution in [0.15, 0.2) is 36.4 Å². The summed E-state index contributed by atoms with van der Waals surface area (Å²) in [7, 11) is 3.60. The summed E-state index contributed by atoms with van der Waals surface area (Å²) >= 11 is 12.5. The van der Waals surface area contributed by atoms with Crippen molar-refractivity contribution >= 4 is 23.2 Å². The first-order chi connectivity index (χ1) is 10.1. The average molecular weight is 324 g/mol. The maximum absolute atomic E-state index is 6.44. The molecule has 0 amide bonds. The Balaban J connectivity index is 2.35. The van der Waals surface area contributed by atoms with Crippen LogP contribution in [-0.4, -0.2) is 14.2 Å². The minimum absolute atomic E-state index is 0.102. The molecule has 0 aliphatic carbocycles. The van der Waals surface area contributed by atoms with E-state index in [2.05, 4.69) is 5.32 Å². The number of rotatable bonds is 5. The van der Waals surface area contributed by atoms with Crippen molar-refractivity contribution in [2.24, 2.45) is 0 Å². The lowest BCUT2D eigenvalue weighted by atomic mass is 9.97. The van der Waals surface area contributed by atoms with Gasteiger partial charge in [0.25, 0.3) is 0 Å². The Kier molecular flexibility index (Phi) is 5.51. The zero-order valence-corrected chi connectivity index (χ0v) is 13.9. The Morgan fingerprint density at radius 2 is 1.95 bits per heavy atom. The zero-order chi connectivity index (χ0) is 15.4. The molecule has 0 radical (unpaired) electrons. The van der Waals surface area contributed by atoms with Crippen LogP contribution in [0.25, 0.3) is 0 Å². The monoisotopic (exact) mass is 323 g/mol. The second kappa shape index (κ2) is 7.17. The van der Waals surface area contributed by atoms with E-state index in [-0.39, 0.29) is 6.04 Å². The molecule has 2 rings (SSSR count). The number of methoxy groups -OCH3 is 1. The number of aryl methyl sites for hydroxylation is 1. The van der Waals surface area contributed by atoms with Crippen LogP contribution in [0.3, 0.4) is 0 Å². The van der Waals surface area contributed by atoms with Gasteiger partial charge in [0.2, 0.25) is 0 Å². The number of likely N-dealkylation sites (N-methyl/N-ethyl adjacent to an activating group) is 1. The molecule has 2 aromatic rings. The van der Waals surface area contributed by atoms with E-state index in [0.29, 0.717) is 5.02 Å². The summed E-state index contributed by atoms with van der Waals surface area (Å²) in [4.78, 5) is 0. The van der Waals surface area contributed by atoms with Gasteiger partial charge in [0.1, 0.15) is 5.75 Å². The summed E-state index contributed by atoms with van der Waals surface area (Å²) in [6.45, 7) is 2.01. The Morgan fingerprint density at radius 1 is 1.19 bits per heavy atom. The molecule has 0 bridgehead atoms. The van der Waals surface area contributed by atoms with Crippen LogP contribution in [0.5, 0.6) is 5.75 Å². The van der Waals surface area contributed by atoms with E-state index in [1.54, 1.807) is 7.11 Å². The zero-order valence-electron chi connectivity index (χ0n) is 12.4. The van der Waals surface area contributed by atoms with E-state index in [0.717, 1.165) is 33.9 Å². The van der Waals surface area contributed by atoms with E-state index in [1.807, 2.05) is 50.4 Å². The maximum Gasteiger partial charge on any atom is 0.122 e. The molecule has 0 aliphatic rings. The first-order valence-corrected chi connectivity index (χ1v) is 7.57. The fraction of sp³-hybridized carbons (Fsp3) is 0.294. The van der Waals surface area contributed by atoms with Gasteiger partial charge in [0.05, 0.1) is 7.11 Å². The summed E-state index contributed by atoms with van der Waals surface area (Å²) in [5.74, 6) is 0.837.